The number of esters is 1. The molecule has 33 heavy (non-hydrogen) atoms. The number of anilines is 1. The molecule has 1 atom stereocenters. The van der Waals surface area contributed by atoms with Crippen LogP contribution in [-0.4, -0.2) is 30.8 Å². The van der Waals surface area contributed by atoms with Crippen molar-refractivity contribution in [2.24, 2.45) is 11.1 Å². The Morgan fingerprint density at radius 3 is 2.70 bits per heavy atom. The highest BCUT2D eigenvalue weighted by Crippen LogP contribution is 2.57. The molecule has 0 saturated carbocycles. The zero-order valence-electron chi connectivity index (χ0n) is 19.4. The maximum absolute atomic E-state index is 14.2. The molecule has 0 unspecified atom stereocenters. The SMILES string of the molecule is C=CCN1C(=O)[C@@]2(C(C(=O)OCCCC)=C(N)OC3=C2C(=O)CC(C)(C)C3)c2ccccc21. The topological polar surface area (TPSA) is 98.9 Å². The van der Waals surface area contributed by atoms with Gasteiger partial charge < -0.3 is 20.1 Å². The number of carbonyl (C=O) groups is 3. The van der Waals surface area contributed by atoms with Crippen molar-refractivity contribution in [2.75, 3.05) is 18.1 Å². The van der Waals surface area contributed by atoms with Gasteiger partial charge in [-0.3, -0.25) is 9.59 Å². The van der Waals surface area contributed by atoms with E-state index in [2.05, 4.69) is 6.58 Å². The van der Waals surface area contributed by atoms with Crippen LogP contribution < -0.4 is 10.6 Å². The molecule has 174 valence electrons. The Labute approximate surface area is 193 Å². The predicted molar refractivity (Wildman–Crippen MR) is 124 cm³/mol. The molecule has 0 saturated heterocycles. The van der Waals surface area contributed by atoms with Gasteiger partial charge in [-0.05, 0) is 17.9 Å². The first kappa shape index (κ1) is 22.8. The van der Waals surface area contributed by atoms with E-state index in [0.717, 1.165) is 6.42 Å². The van der Waals surface area contributed by atoms with E-state index in [1.54, 1.807) is 24.3 Å². The predicted octanol–water partition coefficient (Wildman–Crippen LogP) is 3.64. The van der Waals surface area contributed by atoms with Gasteiger partial charge in [-0.15, -0.1) is 6.58 Å². The molecule has 3 aliphatic rings. The lowest BCUT2D eigenvalue weighted by Crippen LogP contribution is -2.52. The number of rotatable bonds is 6. The maximum atomic E-state index is 14.2. The molecule has 2 aliphatic heterocycles. The average Bonchev–Trinajstić information content (AvgIpc) is 2.96. The first-order chi connectivity index (χ1) is 15.7. The van der Waals surface area contributed by atoms with Gasteiger partial charge in [0, 0.05) is 30.6 Å². The summed E-state index contributed by atoms with van der Waals surface area (Å²) in [5.41, 5.74) is 5.50. The summed E-state index contributed by atoms with van der Waals surface area (Å²) in [5.74, 6) is -1.23. The fourth-order valence-electron chi connectivity index (χ4n) is 5.14. The number of nitrogens with zero attached hydrogens (tertiary/aromatic N) is 1. The molecule has 2 heterocycles. The van der Waals surface area contributed by atoms with Gasteiger partial charge in [0.15, 0.2) is 5.78 Å². The minimum atomic E-state index is -1.70. The number of ketones is 1. The third-order valence-electron chi connectivity index (χ3n) is 6.48. The number of Topliss-reactive ketones (excluding diaryl/α,β-unsaturated/α-hetero) is 1. The summed E-state index contributed by atoms with van der Waals surface area (Å²) in [4.78, 5) is 42.8. The number of fused-ring (bicyclic) bond motifs is 3. The summed E-state index contributed by atoms with van der Waals surface area (Å²) in [6.07, 6.45) is 3.76. The van der Waals surface area contributed by atoms with Crippen LogP contribution in [0.15, 0.2) is 59.7 Å². The zero-order valence-corrected chi connectivity index (χ0v) is 19.4. The lowest BCUT2D eigenvalue weighted by molar-refractivity contribution is -0.142. The Balaban J connectivity index is 2.01. The first-order valence-electron chi connectivity index (χ1n) is 11.3. The molecular weight excluding hydrogens is 420 g/mol. The quantitative estimate of drug-likeness (QED) is 0.404. The Bertz CT molecular complexity index is 1110. The lowest BCUT2D eigenvalue weighted by atomic mass is 9.62. The Morgan fingerprint density at radius 1 is 1.27 bits per heavy atom. The fourth-order valence-corrected chi connectivity index (χ4v) is 5.14. The highest BCUT2D eigenvalue weighted by Gasteiger charge is 2.64. The van der Waals surface area contributed by atoms with Crippen molar-refractivity contribution in [3.8, 4) is 0 Å². The molecule has 7 nitrogen and oxygen atoms in total. The average molecular weight is 451 g/mol. The van der Waals surface area contributed by atoms with Crippen LogP contribution >= 0.6 is 0 Å². The van der Waals surface area contributed by atoms with Crippen LogP contribution in [0.3, 0.4) is 0 Å². The number of benzene rings is 1. The van der Waals surface area contributed by atoms with Gasteiger partial charge in [0.05, 0.1) is 12.2 Å². The molecular formula is C26H30N2O5. The molecule has 0 fully saturated rings. The van der Waals surface area contributed by atoms with Gasteiger partial charge in [0.1, 0.15) is 16.7 Å². The van der Waals surface area contributed by atoms with E-state index >= 15 is 0 Å². The second-order valence-corrected chi connectivity index (χ2v) is 9.54. The Morgan fingerprint density at radius 2 is 2.00 bits per heavy atom. The van der Waals surface area contributed by atoms with Crippen LogP contribution in [0.5, 0.6) is 0 Å². The van der Waals surface area contributed by atoms with Crippen LogP contribution in [0.25, 0.3) is 0 Å². The number of carbonyl (C=O) groups excluding carboxylic acids is 3. The molecule has 0 bridgehead atoms. The van der Waals surface area contributed by atoms with Crippen molar-refractivity contribution in [3.05, 3.63) is 65.3 Å². The van der Waals surface area contributed by atoms with Crippen LogP contribution in [-0.2, 0) is 29.3 Å². The van der Waals surface area contributed by atoms with E-state index < -0.39 is 17.3 Å². The molecule has 0 aromatic heterocycles. The number of unbranched alkanes of at least 4 members (excludes halogenated alkanes) is 1. The van der Waals surface area contributed by atoms with E-state index in [0.29, 0.717) is 29.9 Å². The number of ether oxygens (including phenoxy) is 2. The van der Waals surface area contributed by atoms with E-state index in [4.69, 9.17) is 15.2 Å². The summed E-state index contributed by atoms with van der Waals surface area (Å²) in [6, 6.07) is 7.17. The summed E-state index contributed by atoms with van der Waals surface area (Å²) in [5, 5.41) is 0. The van der Waals surface area contributed by atoms with E-state index in [-0.39, 0.29) is 47.8 Å². The molecule has 2 N–H and O–H groups in total. The molecule has 1 aromatic rings. The second kappa shape index (κ2) is 8.21. The standard InChI is InChI=1S/C26H30N2O5/c1-5-7-13-32-23(30)21-22(27)33-19-15-25(3,4)14-18(29)20(19)26(21)16-10-8-9-11-17(16)28(12-6-2)24(26)31/h6,8-11H,2,5,7,12-15,27H2,1,3-4H3/t26-/m0/s1. The number of hydrogen-bond acceptors (Lipinski definition) is 6. The van der Waals surface area contributed by atoms with Crippen molar-refractivity contribution in [2.45, 2.75) is 51.9 Å². The molecule has 4 rings (SSSR count). The van der Waals surface area contributed by atoms with Gasteiger partial charge in [-0.1, -0.05) is 51.5 Å². The highest BCUT2D eigenvalue weighted by molar-refractivity contribution is 6.23. The number of hydrogen-bond donors (Lipinski definition) is 1. The minimum absolute atomic E-state index is 0.116. The third-order valence-corrected chi connectivity index (χ3v) is 6.48. The molecule has 1 spiro atoms. The smallest absolute Gasteiger partial charge is 0.341 e. The summed E-state index contributed by atoms with van der Waals surface area (Å²) in [6.45, 7) is 10.1. The normalized spacial score (nSPS) is 23.4. The van der Waals surface area contributed by atoms with Gasteiger partial charge >= 0.3 is 5.97 Å². The molecule has 1 amide bonds. The number of amides is 1. The monoisotopic (exact) mass is 450 g/mol. The van der Waals surface area contributed by atoms with Crippen LogP contribution in [0.2, 0.25) is 0 Å². The van der Waals surface area contributed by atoms with Crippen molar-refractivity contribution in [1.29, 1.82) is 0 Å². The summed E-state index contributed by atoms with van der Waals surface area (Å²) >= 11 is 0. The second-order valence-electron chi connectivity index (χ2n) is 9.54. The number of allylic oxidation sites excluding steroid dienone is 1. The van der Waals surface area contributed by atoms with Crippen LogP contribution in [0.4, 0.5) is 5.69 Å². The van der Waals surface area contributed by atoms with Crippen LogP contribution in [0, 0.1) is 5.41 Å². The Kier molecular flexibility index (Phi) is 5.68. The molecule has 1 aliphatic carbocycles. The third kappa shape index (κ3) is 3.37. The van der Waals surface area contributed by atoms with Gasteiger partial charge in [0.2, 0.25) is 11.8 Å². The van der Waals surface area contributed by atoms with Crippen molar-refractivity contribution < 1.29 is 23.9 Å². The molecule has 0 radical (unpaired) electrons. The van der Waals surface area contributed by atoms with Gasteiger partial charge in [-0.2, -0.15) is 0 Å². The van der Waals surface area contributed by atoms with Gasteiger partial charge in [-0.25, -0.2) is 4.79 Å². The largest absolute Gasteiger partial charge is 0.462 e. The molecule has 7 heteroatoms. The van der Waals surface area contributed by atoms with E-state index in [1.165, 1.54) is 4.90 Å². The van der Waals surface area contributed by atoms with Gasteiger partial charge in [0.25, 0.3) is 0 Å². The highest BCUT2D eigenvalue weighted by atomic mass is 16.5. The maximum Gasteiger partial charge on any atom is 0.341 e. The lowest BCUT2D eigenvalue weighted by Gasteiger charge is -2.42. The van der Waals surface area contributed by atoms with E-state index in [9.17, 15) is 14.4 Å². The summed E-state index contributed by atoms with van der Waals surface area (Å²) in [7, 11) is 0. The Hall–Kier alpha value is -3.35. The summed E-state index contributed by atoms with van der Waals surface area (Å²) < 4.78 is 11.4. The van der Waals surface area contributed by atoms with Crippen molar-refractivity contribution in [3.63, 3.8) is 0 Å². The number of para-hydroxylation sites is 1. The number of nitrogens with two attached hydrogens (primary N) is 1. The van der Waals surface area contributed by atoms with Crippen molar-refractivity contribution in [1.82, 2.24) is 0 Å². The molecule has 1 aromatic carbocycles. The minimum Gasteiger partial charge on any atom is -0.462 e. The zero-order chi connectivity index (χ0) is 24.0. The van der Waals surface area contributed by atoms with Crippen LogP contribution in [0.1, 0.15) is 52.0 Å². The van der Waals surface area contributed by atoms with E-state index in [1.807, 2.05) is 26.8 Å². The first-order valence-corrected chi connectivity index (χ1v) is 11.3. The van der Waals surface area contributed by atoms with Crippen molar-refractivity contribution >= 4 is 23.3 Å². The fraction of sp³-hybridized carbons (Fsp3) is 0.423.